The van der Waals surface area contributed by atoms with Gasteiger partial charge in [-0.3, -0.25) is 14.5 Å². The minimum absolute atomic E-state index is 0.00307. The maximum absolute atomic E-state index is 12.5. The molecule has 0 atom stereocenters. The van der Waals surface area contributed by atoms with Gasteiger partial charge in [0.05, 0.1) is 27.3 Å². The number of amides is 2. The summed E-state index contributed by atoms with van der Waals surface area (Å²) >= 11 is 0. The Morgan fingerprint density at radius 2 is 1.59 bits per heavy atom. The lowest BCUT2D eigenvalue weighted by atomic mass is 10.2. The Labute approximate surface area is 172 Å². The molecule has 0 fully saturated rings. The molecular weight excluding hydrogens is 370 g/mol. The number of carbonyl (C=O) groups is 2. The van der Waals surface area contributed by atoms with Gasteiger partial charge in [-0.1, -0.05) is 23.8 Å². The molecule has 7 heteroatoms. The number of aryl methyl sites for hydroxylation is 1. The first-order valence-electron chi connectivity index (χ1n) is 9.32. The third-order valence-electron chi connectivity index (χ3n) is 4.45. The van der Waals surface area contributed by atoms with Gasteiger partial charge in [0.2, 0.25) is 11.8 Å². The van der Waals surface area contributed by atoms with Gasteiger partial charge in [0, 0.05) is 19.3 Å². The number of nitrogens with zero attached hydrogens (tertiary/aromatic N) is 2. The summed E-state index contributed by atoms with van der Waals surface area (Å²) in [5.41, 5.74) is 2.83. The van der Waals surface area contributed by atoms with Crippen LogP contribution in [0.4, 0.5) is 5.69 Å². The van der Waals surface area contributed by atoms with Crippen molar-refractivity contribution in [1.82, 2.24) is 9.80 Å². The smallest absolute Gasteiger partial charge is 0.243 e. The lowest BCUT2D eigenvalue weighted by Gasteiger charge is -2.22. The van der Waals surface area contributed by atoms with E-state index in [1.54, 1.807) is 21.3 Å². The van der Waals surface area contributed by atoms with E-state index in [2.05, 4.69) is 5.32 Å². The van der Waals surface area contributed by atoms with E-state index < -0.39 is 0 Å². The fourth-order valence-electron chi connectivity index (χ4n) is 2.84. The third-order valence-corrected chi connectivity index (χ3v) is 4.45. The molecule has 0 saturated carbocycles. The monoisotopic (exact) mass is 399 g/mol. The van der Waals surface area contributed by atoms with Gasteiger partial charge in [-0.15, -0.1) is 0 Å². The third kappa shape index (κ3) is 6.80. The summed E-state index contributed by atoms with van der Waals surface area (Å²) in [6, 6.07) is 13.2. The number of likely N-dealkylation sites (N-methyl/N-ethyl adjacent to an activating group) is 2. The second-order valence-corrected chi connectivity index (χ2v) is 7.03. The van der Waals surface area contributed by atoms with E-state index in [0.29, 0.717) is 23.7 Å². The van der Waals surface area contributed by atoms with E-state index in [1.807, 2.05) is 61.3 Å². The second-order valence-electron chi connectivity index (χ2n) is 7.03. The molecule has 0 aromatic heterocycles. The number of carbonyl (C=O) groups excluding carboxylic acids is 2. The normalized spacial score (nSPS) is 10.6. The molecule has 2 aromatic rings. The van der Waals surface area contributed by atoms with Gasteiger partial charge in [-0.05, 0) is 43.8 Å². The maximum Gasteiger partial charge on any atom is 0.243 e. The summed E-state index contributed by atoms with van der Waals surface area (Å²) in [4.78, 5) is 27.9. The first-order valence-corrected chi connectivity index (χ1v) is 9.32. The van der Waals surface area contributed by atoms with E-state index in [4.69, 9.17) is 9.47 Å². The highest BCUT2D eigenvalue weighted by molar-refractivity contribution is 5.94. The summed E-state index contributed by atoms with van der Waals surface area (Å²) in [5.74, 6) is 0.947. The molecule has 29 heavy (non-hydrogen) atoms. The number of hydrogen-bond acceptors (Lipinski definition) is 5. The molecule has 0 heterocycles. The van der Waals surface area contributed by atoms with Gasteiger partial charge in [-0.2, -0.15) is 0 Å². The van der Waals surface area contributed by atoms with Crippen LogP contribution in [0.25, 0.3) is 0 Å². The Bertz CT molecular complexity index is 836. The van der Waals surface area contributed by atoms with Crippen molar-refractivity contribution in [3.05, 3.63) is 53.6 Å². The maximum atomic E-state index is 12.5. The van der Waals surface area contributed by atoms with Crippen molar-refractivity contribution in [2.75, 3.05) is 46.7 Å². The lowest BCUT2D eigenvalue weighted by Crippen LogP contribution is -2.40. The van der Waals surface area contributed by atoms with E-state index in [9.17, 15) is 9.59 Å². The summed E-state index contributed by atoms with van der Waals surface area (Å²) < 4.78 is 10.6. The van der Waals surface area contributed by atoms with Crippen LogP contribution in [0.3, 0.4) is 0 Å². The van der Waals surface area contributed by atoms with Crippen LogP contribution in [-0.4, -0.2) is 63.0 Å². The molecule has 0 unspecified atom stereocenters. The molecule has 0 bridgehead atoms. The van der Waals surface area contributed by atoms with Crippen LogP contribution in [0.5, 0.6) is 11.5 Å². The quantitative estimate of drug-likeness (QED) is 0.702. The van der Waals surface area contributed by atoms with Crippen molar-refractivity contribution in [2.45, 2.75) is 13.5 Å². The van der Waals surface area contributed by atoms with Crippen molar-refractivity contribution in [1.29, 1.82) is 0 Å². The van der Waals surface area contributed by atoms with Crippen LogP contribution in [0.15, 0.2) is 42.5 Å². The highest BCUT2D eigenvalue weighted by Crippen LogP contribution is 2.27. The van der Waals surface area contributed by atoms with Crippen molar-refractivity contribution >= 4 is 17.5 Å². The first-order chi connectivity index (χ1) is 13.8. The number of anilines is 1. The Morgan fingerprint density at radius 1 is 0.931 bits per heavy atom. The Hall–Kier alpha value is -3.06. The predicted octanol–water partition coefficient (Wildman–Crippen LogP) is 2.54. The minimum Gasteiger partial charge on any atom is -0.493 e. The number of ether oxygens (including phenoxy) is 2. The fourth-order valence-corrected chi connectivity index (χ4v) is 2.84. The molecule has 2 amide bonds. The molecule has 1 N–H and O–H groups in total. The molecule has 156 valence electrons. The Kier molecular flexibility index (Phi) is 8.03. The Balaban J connectivity index is 1.85. The molecule has 0 aliphatic rings. The molecule has 0 radical (unpaired) electrons. The van der Waals surface area contributed by atoms with Gasteiger partial charge in [0.25, 0.3) is 0 Å². The Morgan fingerprint density at radius 3 is 2.21 bits per heavy atom. The average Bonchev–Trinajstić information content (AvgIpc) is 2.69. The minimum atomic E-state index is -0.229. The van der Waals surface area contributed by atoms with Crippen LogP contribution in [0, 0.1) is 6.92 Å². The standard InChI is InChI=1S/C22H29N3O4/c1-16-6-9-18(10-7-16)23-21(26)14-25(3)22(27)15-24(2)13-17-8-11-19(28-4)20(12-17)29-5/h6-12H,13-15H2,1-5H3,(H,23,26). The molecule has 0 aliphatic carbocycles. The van der Waals surface area contributed by atoms with Crippen LogP contribution in [-0.2, 0) is 16.1 Å². The van der Waals surface area contributed by atoms with Crippen LogP contribution in [0.2, 0.25) is 0 Å². The largest absolute Gasteiger partial charge is 0.493 e. The molecule has 0 spiro atoms. The van der Waals surface area contributed by atoms with Gasteiger partial charge in [0.1, 0.15) is 0 Å². The molecule has 0 saturated heterocycles. The summed E-state index contributed by atoms with van der Waals surface area (Å²) in [6.45, 7) is 2.74. The zero-order valence-corrected chi connectivity index (χ0v) is 17.7. The van der Waals surface area contributed by atoms with Crippen LogP contribution >= 0.6 is 0 Å². The number of methoxy groups -OCH3 is 2. The van der Waals surface area contributed by atoms with Crippen LogP contribution in [0.1, 0.15) is 11.1 Å². The highest BCUT2D eigenvalue weighted by atomic mass is 16.5. The van der Waals surface area contributed by atoms with Crippen molar-refractivity contribution in [3.8, 4) is 11.5 Å². The number of nitrogens with one attached hydrogen (secondary N) is 1. The molecule has 7 nitrogen and oxygen atoms in total. The highest BCUT2D eigenvalue weighted by Gasteiger charge is 2.16. The number of rotatable bonds is 9. The van der Waals surface area contributed by atoms with E-state index in [-0.39, 0.29) is 24.9 Å². The van der Waals surface area contributed by atoms with E-state index in [0.717, 1.165) is 11.1 Å². The fraction of sp³-hybridized carbons (Fsp3) is 0.364. The number of benzene rings is 2. The van der Waals surface area contributed by atoms with Gasteiger partial charge in [-0.25, -0.2) is 0 Å². The van der Waals surface area contributed by atoms with Crippen molar-refractivity contribution in [3.63, 3.8) is 0 Å². The lowest BCUT2D eigenvalue weighted by molar-refractivity contribution is -0.134. The predicted molar refractivity (Wildman–Crippen MR) is 113 cm³/mol. The molecular formula is C22H29N3O4. The van der Waals surface area contributed by atoms with E-state index >= 15 is 0 Å². The van der Waals surface area contributed by atoms with E-state index in [1.165, 1.54) is 4.90 Å². The topological polar surface area (TPSA) is 71.1 Å². The van der Waals surface area contributed by atoms with Gasteiger partial charge in [0.15, 0.2) is 11.5 Å². The van der Waals surface area contributed by atoms with Gasteiger partial charge < -0.3 is 19.7 Å². The summed E-state index contributed by atoms with van der Waals surface area (Å²) in [7, 11) is 6.66. The SMILES string of the molecule is COc1ccc(CN(C)CC(=O)N(C)CC(=O)Nc2ccc(C)cc2)cc1OC. The van der Waals surface area contributed by atoms with Gasteiger partial charge >= 0.3 is 0 Å². The summed E-state index contributed by atoms with van der Waals surface area (Å²) in [5, 5.41) is 2.80. The van der Waals surface area contributed by atoms with Crippen molar-refractivity contribution in [2.24, 2.45) is 0 Å². The zero-order valence-electron chi connectivity index (χ0n) is 17.7. The van der Waals surface area contributed by atoms with Crippen molar-refractivity contribution < 1.29 is 19.1 Å². The molecule has 0 aliphatic heterocycles. The first kappa shape index (κ1) is 22.2. The second kappa shape index (κ2) is 10.5. The summed E-state index contributed by atoms with van der Waals surface area (Å²) in [6.07, 6.45) is 0. The zero-order chi connectivity index (χ0) is 21.4. The average molecular weight is 399 g/mol. The number of hydrogen-bond donors (Lipinski definition) is 1. The molecule has 2 aromatic carbocycles. The molecule has 2 rings (SSSR count). The van der Waals surface area contributed by atoms with Crippen LogP contribution < -0.4 is 14.8 Å².